The molecule has 1 saturated heterocycles. The van der Waals surface area contributed by atoms with Crippen molar-refractivity contribution in [2.45, 2.75) is 37.6 Å². The molecular weight excluding hydrogens is 344 g/mol. The zero-order valence-electron chi connectivity index (χ0n) is 13.8. The molecule has 2 fully saturated rings. The first-order chi connectivity index (χ1) is 12.5. The predicted molar refractivity (Wildman–Crippen MR) is 88.0 cm³/mol. The Bertz CT molecular complexity index is 830. The van der Waals surface area contributed by atoms with Gasteiger partial charge in [0, 0.05) is 0 Å². The summed E-state index contributed by atoms with van der Waals surface area (Å²) in [6, 6.07) is 2.02. The van der Waals surface area contributed by atoms with Crippen molar-refractivity contribution in [3.63, 3.8) is 0 Å². The highest BCUT2D eigenvalue weighted by Gasteiger charge is 2.51. The number of amides is 3. The second-order valence-electron chi connectivity index (χ2n) is 6.46. The molecule has 0 unspecified atom stereocenters. The van der Waals surface area contributed by atoms with Gasteiger partial charge in [0.25, 0.3) is 11.6 Å². The number of benzene rings is 1. The van der Waals surface area contributed by atoms with E-state index in [2.05, 4.69) is 10.4 Å². The van der Waals surface area contributed by atoms with E-state index in [1.54, 1.807) is 0 Å². The number of hydrazone groups is 1. The molecule has 0 radical (unpaired) electrons. The summed E-state index contributed by atoms with van der Waals surface area (Å²) in [5.74, 6) is 0.199. The summed E-state index contributed by atoms with van der Waals surface area (Å²) < 4.78 is 10.3. The molecule has 3 aliphatic rings. The van der Waals surface area contributed by atoms with Crippen molar-refractivity contribution in [1.29, 1.82) is 0 Å². The van der Waals surface area contributed by atoms with Gasteiger partial charge in [-0.25, -0.2) is 4.79 Å². The van der Waals surface area contributed by atoms with Gasteiger partial charge in [-0.2, -0.15) is 5.10 Å². The van der Waals surface area contributed by atoms with Crippen LogP contribution in [-0.4, -0.2) is 40.4 Å². The number of rotatable bonds is 3. The van der Waals surface area contributed by atoms with E-state index in [0.29, 0.717) is 18.6 Å². The number of ether oxygens (including phenoxy) is 2. The average molecular weight is 360 g/mol. The Hall–Kier alpha value is -3.17. The molecule has 1 aliphatic carbocycles. The molecule has 2 aliphatic heterocycles. The summed E-state index contributed by atoms with van der Waals surface area (Å²) in [4.78, 5) is 35.5. The lowest BCUT2D eigenvalue weighted by Gasteiger charge is -2.29. The van der Waals surface area contributed by atoms with Crippen LogP contribution in [0.3, 0.4) is 0 Å². The van der Waals surface area contributed by atoms with Gasteiger partial charge in [0.15, 0.2) is 11.5 Å². The molecule has 1 spiro atoms. The topological polar surface area (TPSA) is 123 Å². The molecule has 10 nitrogen and oxygen atoms in total. The number of urea groups is 1. The van der Waals surface area contributed by atoms with E-state index in [9.17, 15) is 19.7 Å². The van der Waals surface area contributed by atoms with Crippen molar-refractivity contribution in [2.75, 3.05) is 6.79 Å². The van der Waals surface area contributed by atoms with Gasteiger partial charge in [0.05, 0.1) is 22.8 Å². The van der Waals surface area contributed by atoms with Crippen LogP contribution in [0.15, 0.2) is 17.2 Å². The standard InChI is InChI=1S/C16H16N4O6/c21-14-16(4-2-1-3-5-16)18-15(22)19(14)17-8-10-6-12-13(26-9-25-12)7-11(10)20(23)24/h6-8H,1-5,9H2,(H,18,22)/b17-8-. The van der Waals surface area contributed by atoms with Crippen LogP contribution < -0.4 is 14.8 Å². The second kappa shape index (κ2) is 5.97. The van der Waals surface area contributed by atoms with Crippen LogP contribution in [-0.2, 0) is 4.79 Å². The van der Waals surface area contributed by atoms with E-state index in [1.807, 2.05) is 0 Å². The fraction of sp³-hybridized carbons (Fsp3) is 0.438. The second-order valence-corrected chi connectivity index (χ2v) is 6.46. The highest BCUT2D eigenvalue weighted by Crippen LogP contribution is 2.38. The minimum Gasteiger partial charge on any atom is -0.454 e. The Kier molecular flexibility index (Phi) is 3.74. The first-order valence-corrected chi connectivity index (χ1v) is 8.29. The first kappa shape index (κ1) is 16.3. The molecule has 136 valence electrons. The number of imide groups is 1. The lowest BCUT2D eigenvalue weighted by Crippen LogP contribution is -2.48. The number of nitrogens with one attached hydrogen (secondary N) is 1. The maximum atomic E-state index is 12.7. The summed E-state index contributed by atoms with van der Waals surface area (Å²) in [5.41, 5.74) is -1.03. The summed E-state index contributed by atoms with van der Waals surface area (Å²) in [7, 11) is 0. The summed E-state index contributed by atoms with van der Waals surface area (Å²) >= 11 is 0. The monoisotopic (exact) mass is 360 g/mol. The van der Waals surface area contributed by atoms with Crippen LogP contribution in [0.4, 0.5) is 10.5 Å². The fourth-order valence-electron chi connectivity index (χ4n) is 3.53. The summed E-state index contributed by atoms with van der Waals surface area (Å²) in [6.07, 6.45) is 5.02. The van der Waals surface area contributed by atoms with Crippen LogP contribution in [0, 0.1) is 10.1 Å². The van der Waals surface area contributed by atoms with Gasteiger partial charge in [0.1, 0.15) is 5.54 Å². The maximum Gasteiger partial charge on any atom is 0.346 e. The van der Waals surface area contributed by atoms with Crippen molar-refractivity contribution in [3.05, 3.63) is 27.8 Å². The van der Waals surface area contributed by atoms with Crippen LogP contribution in [0.5, 0.6) is 11.5 Å². The number of hydrogen-bond acceptors (Lipinski definition) is 7. The number of carbonyl (C=O) groups excluding carboxylic acids is 2. The van der Waals surface area contributed by atoms with E-state index >= 15 is 0 Å². The van der Waals surface area contributed by atoms with Crippen LogP contribution in [0.25, 0.3) is 0 Å². The highest BCUT2D eigenvalue weighted by atomic mass is 16.7. The molecule has 0 atom stereocenters. The van der Waals surface area contributed by atoms with Crippen molar-refractivity contribution >= 4 is 23.8 Å². The van der Waals surface area contributed by atoms with Crippen LogP contribution in [0.1, 0.15) is 37.7 Å². The van der Waals surface area contributed by atoms with Gasteiger partial charge in [-0.3, -0.25) is 14.9 Å². The van der Waals surface area contributed by atoms with Gasteiger partial charge < -0.3 is 14.8 Å². The van der Waals surface area contributed by atoms with Gasteiger partial charge in [0.2, 0.25) is 6.79 Å². The lowest BCUT2D eigenvalue weighted by molar-refractivity contribution is -0.385. The zero-order valence-corrected chi connectivity index (χ0v) is 13.8. The number of carbonyl (C=O) groups is 2. The normalized spacial score (nSPS) is 20.8. The molecule has 1 aromatic rings. The molecule has 2 heterocycles. The largest absolute Gasteiger partial charge is 0.454 e. The molecule has 1 saturated carbocycles. The number of nitro benzene ring substituents is 1. The Morgan fingerprint density at radius 3 is 2.58 bits per heavy atom. The maximum absolute atomic E-state index is 12.7. The molecule has 0 bridgehead atoms. The van der Waals surface area contributed by atoms with Gasteiger partial charge in [-0.1, -0.05) is 19.3 Å². The minimum atomic E-state index is -0.895. The zero-order chi connectivity index (χ0) is 18.3. The Morgan fingerprint density at radius 2 is 1.88 bits per heavy atom. The van der Waals surface area contributed by atoms with Crippen molar-refractivity contribution < 1.29 is 24.0 Å². The van der Waals surface area contributed by atoms with E-state index in [4.69, 9.17) is 9.47 Å². The summed E-state index contributed by atoms with van der Waals surface area (Å²) in [6.45, 7) is -0.0252. The SMILES string of the molecule is O=C1NC2(CCCCC2)C(=O)N1/N=C\c1cc2c(cc1[N+](=O)[O-])OCO2. The number of nitro groups is 1. The molecule has 0 aromatic heterocycles. The number of fused-ring (bicyclic) bond motifs is 1. The average Bonchev–Trinajstić information content (AvgIpc) is 3.16. The molecule has 1 aromatic carbocycles. The van der Waals surface area contributed by atoms with Gasteiger partial charge in [-0.15, -0.1) is 5.01 Å². The fourth-order valence-corrected chi connectivity index (χ4v) is 3.53. The van der Waals surface area contributed by atoms with Gasteiger partial charge >= 0.3 is 6.03 Å². The predicted octanol–water partition coefficient (Wildman–Crippen LogP) is 1.91. The quantitative estimate of drug-likeness (QED) is 0.380. The third kappa shape index (κ3) is 2.54. The number of nitrogens with zero attached hydrogens (tertiary/aromatic N) is 3. The third-order valence-corrected chi connectivity index (χ3v) is 4.88. The van der Waals surface area contributed by atoms with Crippen molar-refractivity contribution in [2.24, 2.45) is 5.10 Å². The molecule has 26 heavy (non-hydrogen) atoms. The van der Waals surface area contributed by atoms with Crippen LogP contribution >= 0.6 is 0 Å². The molecule has 10 heteroatoms. The smallest absolute Gasteiger partial charge is 0.346 e. The Labute approximate surface area is 147 Å². The van der Waals surface area contributed by atoms with Crippen LogP contribution in [0.2, 0.25) is 0 Å². The molecule has 3 amide bonds. The third-order valence-electron chi connectivity index (χ3n) is 4.88. The van der Waals surface area contributed by atoms with E-state index in [0.717, 1.165) is 30.5 Å². The Balaban J connectivity index is 1.63. The summed E-state index contributed by atoms with van der Waals surface area (Å²) in [5, 5.41) is 18.7. The number of hydrogen-bond donors (Lipinski definition) is 1. The van der Waals surface area contributed by atoms with E-state index in [1.165, 1.54) is 12.1 Å². The van der Waals surface area contributed by atoms with E-state index in [-0.39, 0.29) is 23.8 Å². The minimum absolute atomic E-state index is 0.0252. The first-order valence-electron chi connectivity index (χ1n) is 8.29. The molecular formula is C16H16N4O6. The van der Waals surface area contributed by atoms with Gasteiger partial charge in [-0.05, 0) is 18.9 Å². The van der Waals surface area contributed by atoms with E-state index < -0.39 is 22.4 Å². The molecule has 1 N–H and O–H groups in total. The Morgan fingerprint density at radius 1 is 1.19 bits per heavy atom. The lowest BCUT2D eigenvalue weighted by atomic mass is 9.82. The van der Waals surface area contributed by atoms with Crippen molar-refractivity contribution in [1.82, 2.24) is 10.3 Å². The molecule has 4 rings (SSSR count). The highest BCUT2D eigenvalue weighted by molar-refractivity contribution is 6.07. The van der Waals surface area contributed by atoms with Crippen molar-refractivity contribution in [3.8, 4) is 11.5 Å².